The fourth-order valence-electron chi connectivity index (χ4n) is 2.20. The monoisotopic (exact) mass is 336 g/mol. The number of hydrogen-bond donors (Lipinski definition) is 1. The summed E-state index contributed by atoms with van der Waals surface area (Å²) in [6.07, 6.45) is 1.73. The zero-order chi connectivity index (χ0) is 14.5. The standard InChI is InChI=1S/C16H21BrN2O/c1-12(13-6-4-7-14(17)10-13)18-11-15(19(2)3)16-8-5-9-20-16/h4-10,12,15,18H,11H2,1-3H3. The number of benzene rings is 1. The molecule has 0 bridgehead atoms. The van der Waals surface area contributed by atoms with Gasteiger partial charge in [0.25, 0.3) is 0 Å². The topological polar surface area (TPSA) is 28.4 Å². The second-order valence-electron chi connectivity index (χ2n) is 5.18. The molecule has 1 heterocycles. The maximum absolute atomic E-state index is 5.52. The van der Waals surface area contributed by atoms with Crippen LogP contribution in [-0.4, -0.2) is 25.5 Å². The zero-order valence-electron chi connectivity index (χ0n) is 12.1. The summed E-state index contributed by atoms with van der Waals surface area (Å²) in [7, 11) is 4.14. The van der Waals surface area contributed by atoms with Crippen molar-refractivity contribution in [1.82, 2.24) is 10.2 Å². The maximum Gasteiger partial charge on any atom is 0.122 e. The SMILES string of the molecule is CC(NCC(c1ccco1)N(C)C)c1cccc(Br)c1. The molecule has 3 nitrogen and oxygen atoms in total. The molecule has 1 aromatic heterocycles. The minimum Gasteiger partial charge on any atom is -0.468 e. The van der Waals surface area contributed by atoms with Crippen molar-refractivity contribution < 1.29 is 4.42 Å². The van der Waals surface area contributed by atoms with Crippen molar-refractivity contribution in [2.24, 2.45) is 0 Å². The second-order valence-corrected chi connectivity index (χ2v) is 6.10. The van der Waals surface area contributed by atoms with E-state index in [1.54, 1.807) is 6.26 Å². The summed E-state index contributed by atoms with van der Waals surface area (Å²) in [4.78, 5) is 2.17. The van der Waals surface area contributed by atoms with Gasteiger partial charge in [0.05, 0.1) is 12.3 Å². The molecular weight excluding hydrogens is 316 g/mol. The molecule has 1 N–H and O–H groups in total. The van der Waals surface area contributed by atoms with Gasteiger partial charge in [0.15, 0.2) is 0 Å². The Balaban J connectivity index is 1.99. The fourth-order valence-corrected chi connectivity index (χ4v) is 2.62. The van der Waals surface area contributed by atoms with Gasteiger partial charge in [-0.25, -0.2) is 0 Å². The molecule has 0 saturated heterocycles. The summed E-state index contributed by atoms with van der Waals surface area (Å²) in [5.74, 6) is 0.990. The van der Waals surface area contributed by atoms with E-state index in [4.69, 9.17) is 4.42 Å². The summed E-state index contributed by atoms with van der Waals surface area (Å²) >= 11 is 3.51. The van der Waals surface area contributed by atoms with Crippen LogP contribution in [0.4, 0.5) is 0 Å². The average molecular weight is 337 g/mol. The lowest BCUT2D eigenvalue weighted by Crippen LogP contribution is -2.32. The lowest BCUT2D eigenvalue weighted by atomic mass is 10.1. The van der Waals surface area contributed by atoms with Crippen molar-refractivity contribution in [2.75, 3.05) is 20.6 Å². The normalized spacial score (nSPS) is 14.4. The van der Waals surface area contributed by atoms with E-state index in [1.807, 2.05) is 18.2 Å². The minimum absolute atomic E-state index is 0.236. The van der Waals surface area contributed by atoms with Crippen LogP contribution in [-0.2, 0) is 0 Å². The van der Waals surface area contributed by atoms with E-state index in [0.29, 0.717) is 6.04 Å². The van der Waals surface area contributed by atoms with Crippen LogP contribution in [0.2, 0.25) is 0 Å². The van der Waals surface area contributed by atoms with E-state index in [1.165, 1.54) is 5.56 Å². The largest absolute Gasteiger partial charge is 0.468 e. The predicted octanol–water partition coefficient (Wildman–Crippen LogP) is 4.00. The van der Waals surface area contributed by atoms with Crippen LogP contribution in [0, 0.1) is 0 Å². The highest BCUT2D eigenvalue weighted by Crippen LogP contribution is 2.21. The Morgan fingerprint density at radius 1 is 1.25 bits per heavy atom. The Morgan fingerprint density at radius 2 is 2.05 bits per heavy atom. The molecule has 0 saturated carbocycles. The third-order valence-electron chi connectivity index (χ3n) is 3.46. The highest BCUT2D eigenvalue weighted by Gasteiger charge is 2.17. The summed E-state index contributed by atoms with van der Waals surface area (Å²) < 4.78 is 6.63. The number of likely N-dealkylation sites (N-methyl/N-ethyl adjacent to an activating group) is 1. The van der Waals surface area contributed by atoms with Gasteiger partial charge in [-0.15, -0.1) is 0 Å². The number of furan rings is 1. The number of hydrogen-bond acceptors (Lipinski definition) is 3. The molecule has 0 amide bonds. The van der Waals surface area contributed by atoms with Gasteiger partial charge in [0, 0.05) is 17.1 Å². The molecule has 2 unspecified atom stereocenters. The van der Waals surface area contributed by atoms with Crippen LogP contribution in [0.1, 0.15) is 30.3 Å². The van der Waals surface area contributed by atoms with Crippen molar-refractivity contribution in [3.63, 3.8) is 0 Å². The Morgan fingerprint density at radius 3 is 2.65 bits per heavy atom. The molecule has 108 valence electrons. The van der Waals surface area contributed by atoms with Gasteiger partial charge in [0.1, 0.15) is 5.76 Å². The predicted molar refractivity (Wildman–Crippen MR) is 85.7 cm³/mol. The van der Waals surface area contributed by atoms with E-state index in [2.05, 4.69) is 65.4 Å². The van der Waals surface area contributed by atoms with E-state index in [9.17, 15) is 0 Å². The first kappa shape index (κ1) is 15.3. The Kier molecular flexibility index (Phi) is 5.40. The number of halogens is 1. The third kappa shape index (κ3) is 3.95. The van der Waals surface area contributed by atoms with E-state index in [0.717, 1.165) is 16.8 Å². The number of nitrogens with one attached hydrogen (secondary N) is 1. The van der Waals surface area contributed by atoms with Gasteiger partial charge in [0.2, 0.25) is 0 Å². The highest BCUT2D eigenvalue weighted by molar-refractivity contribution is 9.10. The zero-order valence-corrected chi connectivity index (χ0v) is 13.7. The lowest BCUT2D eigenvalue weighted by molar-refractivity contribution is 0.245. The molecule has 1 aromatic carbocycles. The quantitative estimate of drug-likeness (QED) is 0.864. The second kappa shape index (κ2) is 7.07. The van der Waals surface area contributed by atoms with Gasteiger partial charge < -0.3 is 9.73 Å². The Hall–Kier alpha value is -1.10. The Labute approximate surface area is 129 Å². The van der Waals surface area contributed by atoms with Gasteiger partial charge in [-0.1, -0.05) is 28.1 Å². The van der Waals surface area contributed by atoms with Crippen molar-refractivity contribution in [3.8, 4) is 0 Å². The molecule has 2 atom stereocenters. The lowest BCUT2D eigenvalue weighted by Gasteiger charge is -2.25. The van der Waals surface area contributed by atoms with E-state index < -0.39 is 0 Å². The molecule has 0 aliphatic rings. The molecule has 0 aliphatic carbocycles. The molecule has 0 spiro atoms. The van der Waals surface area contributed by atoms with Gasteiger partial charge in [-0.05, 0) is 50.8 Å². The maximum atomic E-state index is 5.52. The molecule has 0 aliphatic heterocycles. The molecule has 2 aromatic rings. The number of nitrogens with zero attached hydrogens (tertiary/aromatic N) is 1. The van der Waals surface area contributed by atoms with E-state index >= 15 is 0 Å². The molecule has 20 heavy (non-hydrogen) atoms. The van der Waals surface area contributed by atoms with Crippen molar-refractivity contribution in [2.45, 2.75) is 19.0 Å². The molecule has 2 rings (SSSR count). The fraction of sp³-hybridized carbons (Fsp3) is 0.375. The average Bonchev–Trinajstić information content (AvgIpc) is 2.92. The summed E-state index contributed by atoms with van der Waals surface area (Å²) in [5.41, 5.74) is 1.27. The molecular formula is C16H21BrN2O. The van der Waals surface area contributed by atoms with Gasteiger partial charge >= 0.3 is 0 Å². The number of rotatable bonds is 6. The van der Waals surface area contributed by atoms with Crippen molar-refractivity contribution in [3.05, 3.63) is 58.5 Å². The molecule has 0 fully saturated rings. The first-order valence-corrected chi connectivity index (χ1v) is 7.56. The molecule has 0 radical (unpaired) electrons. The van der Waals surface area contributed by atoms with Crippen LogP contribution in [0.3, 0.4) is 0 Å². The smallest absolute Gasteiger partial charge is 0.122 e. The van der Waals surface area contributed by atoms with Crippen LogP contribution < -0.4 is 5.32 Å². The van der Waals surface area contributed by atoms with Crippen LogP contribution in [0.5, 0.6) is 0 Å². The Bertz CT molecular complexity index is 525. The molecule has 4 heteroatoms. The van der Waals surface area contributed by atoms with Crippen LogP contribution in [0.15, 0.2) is 51.6 Å². The van der Waals surface area contributed by atoms with Gasteiger partial charge in [-0.2, -0.15) is 0 Å². The minimum atomic E-state index is 0.236. The van der Waals surface area contributed by atoms with Crippen LogP contribution in [0.25, 0.3) is 0 Å². The highest BCUT2D eigenvalue weighted by atomic mass is 79.9. The van der Waals surface area contributed by atoms with Crippen molar-refractivity contribution >= 4 is 15.9 Å². The first-order valence-electron chi connectivity index (χ1n) is 6.76. The summed E-state index contributed by atoms with van der Waals surface area (Å²) in [6.45, 7) is 3.02. The van der Waals surface area contributed by atoms with Crippen LogP contribution >= 0.6 is 15.9 Å². The summed E-state index contributed by atoms with van der Waals surface area (Å²) in [5, 5.41) is 3.57. The summed E-state index contributed by atoms with van der Waals surface area (Å²) in [6, 6.07) is 12.9. The van der Waals surface area contributed by atoms with Gasteiger partial charge in [-0.3, -0.25) is 4.90 Å². The van der Waals surface area contributed by atoms with Crippen molar-refractivity contribution in [1.29, 1.82) is 0 Å². The van der Waals surface area contributed by atoms with E-state index in [-0.39, 0.29) is 6.04 Å². The third-order valence-corrected chi connectivity index (χ3v) is 3.95. The first-order chi connectivity index (χ1) is 9.58.